The van der Waals surface area contributed by atoms with Crippen LogP contribution in [0.15, 0.2) is 30.3 Å². The summed E-state index contributed by atoms with van der Waals surface area (Å²) in [6.45, 7) is 11.8. The Morgan fingerprint density at radius 1 is 0.634 bits per heavy atom. The van der Waals surface area contributed by atoms with Crippen LogP contribution in [0.4, 0.5) is 0 Å². The van der Waals surface area contributed by atoms with Crippen LogP contribution in [0.1, 0.15) is 136 Å². The zero-order valence-corrected chi connectivity index (χ0v) is 30.8. The average molecular weight is 712 g/mol. The maximum absolute atomic E-state index is 9.14. The van der Waals surface area contributed by atoms with Gasteiger partial charge in [-0.05, 0) is 0 Å². The molecule has 1 aromatic rings. The molecule has 0 atom stereocenters. The van der Waals surface area contributed by atoms with Crippen molar-refractivity contribution in [1.82, 2.24) is 9.80 Å². The van der Waals surface area contributed by atoms with E-state index in [4.69, 9.17) is 19.4 Å². The van der Waals surface area contributed by atoms with Crippen LogP contribution in [0.5, 0.6) is 0 Å². The van der Waals surface area contributed by atoms with Crippen molar-refractivity contribution in [2.75, 3.05) is 13.1 Å². The first kappa shape index (κ1) is 32.9. The van der Waals surface area contributed by atoms with E-state index in [1.54, 1.807) is 0 Å². The normalized spacial score (nSPS) is 25.4. The predicted molar refractivity (Wildman–Crippen MR) is 186 cm³/mol. The van der Waals surface area contributed by atoms with Gasteiger partial charge in [0, 0.05) is 0 Å². The molecular weight excluding hydrogens is 651 g/mol. The van der Waals surface area contributed by atoms with Gasteiger partial charge in [0.15, 0.2) is 0 Å². The Hall–Kier alpha value is 0.513. The van der Waals surface area contributed by atoms with Gasteiger partial charge in [0.1, 0.15) is 0 Å². The molecule has 41 heavy (non-hydrogen) atoms. The Labute approximate surface area is 261 Å². The fraction of sp³-hybridized carbons (Fsp3) is 0.771. The van der Waals surface area contributed by atoms with Crippen LogP contribution in [0, 0.1) is 0 Å². The van der Waals surface area contributed by atoms with Crippen LogP contribution in [-0.4, -0.2) is 60.9 Å². The van der Waals surface area contributed by atoms with Crippen molar-refractivity contribution < 1.29 is 10.2 Å². The van der Waals surface area contributed by atoms with Gasteiger partial charge in [0.2, 0.25) is 0 Å². The van der Waals surface area contributed by atoms with E-state index in [1.165, 1.54) is 113 Å². The molecule has 1 aliphatic heterocycles. The summed E-state index contributed by atoms with van der Waals surface area (Å²) in [5, 5.41) is 0. The van der Waals surface area contributed by atoms with E-state index in [-0.39, 0.29) is 0 Å². The molecule has 0 bridgehead atoms. The van der Waals surface area contributed by atoms with Crippen LogP contribution in [-0.2, 0) is 10.2 Å². The molecule has 2 nitrogen and oxygen atoms in total. The molecule has 5 rings (SSSR count). The van der Waals surface area contributed by atoms with Crippen molar-refractivity contribution in [3.63, 3.8) is 0 Å². The van der Waals surface area contributed by atoms with E-state index >= 15 is 0 Å². The summed E-state index contributed by atoms with van der Waals surface area (Å²) in [6, 6.07) is 12.0. The topological polar surface area (TPSA) is 6.48 Å². The summed E-state index contributed by atoms with van der Waals surface area (Å²) in [6.07, 6.45) is 22.0. The quantitative estimate of drug-likeness (QED) is 0.205. The summed E-state index contributed by atoms with van der Waals surface area (Å²) in [5.74, 6) is 0. The number of hydrogen-bond acceptors (Lipinski definition) is 2. The van der Waals surface area contributed by atoms with Crippen molar-refractivity contribution >= 4 is 33.9 Å². The maximum atomic E-state index is 9.14. The molecule has 0 spiro atoms. The second-order valence-electron chi connectivity index (χ2n) is 14.3. The van der Waals surface area contributed by atoms with Gasteiger partial charge in [-0.1, -0.05) is 0 Å². The van der Waals surface area contributed by atoms with E-state index in [0.717, 1.165) is 30.1 Å². The summed E-state index contributed by atoms with van der Waals surface area (Å²) >= 11 is 0. The number of rotatable bonds is 7. The van der Waals surface area contributed by atoms with Gasteiger partial charge in [-0.2, -0.15) is 0 Å². The molecule has 0 unspecified atom stereocenters. The second kappa shape index (κ2) is 13.9. The molecule has 237 valence electrons. The van der Waals surface area contributed by atoms with Crippen LogP contribution in [0.3, 0.4) is 0 Å². The summed E-state index contributed by atoms with van der Waals surface area (Å²) in [4.78, 5) is 5.51. The molecule has 3 saturated carbocycles. The first-order valence-corrected chi connectivity index (χ1v) is 28.3. The van der Waals surface area contributed by atoms with Gasteiger partial charge < -0.3 is 0 Å². The third-order valence-corrected chi connectivity index (χ3v) is 48.3. The zero-order chi connectivity index (χ0) is 29.1. The number of halogens is 2. The van der Waals surface area contributed by atoms with Gasteiger partial charge >= 0.3 is 262 Å². The Bertz CT molecular complexity index is 1080. The fourth-order valence-corrected chi connectivity index (χ4v) is 58.0. The Kier molecular flexibility index (Phi) is 11.1. The molecule has 0 amide bonds. The van der Waals surface area contributed by atoms with Gasteiger partial charge in [0.05, 0.1) is 0 Å². The Morgan fingerprint density at radius 3 is 1.39 bits per heavy atom. The van der Waals surface area contributed by atoms with Crippen molar-refractivity contribution in [3.05, 3.63) is 35.9 Å². The zero-order valence-electron chi connectivity index (χ0n) is 26.6. The minimum absolute atomic E-state index is 0.406. The third-order valence-electron chi connectivity index (χ3n) is 11.1. The first-order chi connectivity index (χ1) is 19.7. The van der Waals surface area contributed by atoms with Gasteiger partial charge in [0.25, 0.3) is 0 Å². The molecule has 4 fully saturated rings. The molecular formula is C35H60Cl2N2PRu. The molecule has 1 aromatic carbocycles. The first-order valence-electron chi connectivity index (χ1n) is 17.2. The van der Waals surface area contributed by atoms with Crippen LogP contribution in [0.2, 0.25) is 0 Å². The summed E-state index contributed by atoms with van der Waals surface area (Å²) in [5.41, 5.74) is 1.19. The van der Waals surface area contributed by atoms with E-state index in [1.807, 2.05) is 0 Å². The van der Waals surface area contributed by atoms with E-state index in [2.05, 4.69) is 72.4 Å². The van der Waals surface area contributed by atoms with Crippen molar-refractivity contribution in [2.24, 2.45) is 0 Å². The van der Waals surface area contributed by atoms with Crippen molar-refractivity contribution in [3.8, 4) is 0 Å². The third kappa shape index (κ3) is 6.19. The van der Waals surface area contributed by atoms with Crippen molar-refractivity contribution in [1.29, 1.82) is 0 Å². The van der Waals surface area contributed by atoms with E-state index < -0.39 is 15.8 Å². The molecule has 0 N–H and O–H groups in total. The Balaban J connectivity index is 1.99. The summed E-state index contributed by atoms with van der Waals surface area (Å²) in [7, 11) is 13.8. The van der Waals surface area contributed by atoms with Crippen molar-refractivity contribution in [2.45, 2.75) is 159 Å². The number of nitrogens with zero attached hydrogens (tertiary/aromatic N) is 2. The minimum atomic E-state index is -4.51. The van der Waals surface area contributed by atoms with Crippen LogP contribution < -0.4 is 0 Å². The van der Waals surface area contributed by atoms with Gasteiger partial charge in [-0.25, -0.2) is 0 Å². The number of benzene rings is 1. The monoisotopic (exact) mass is 711 g/mol. The fourth-order valence-electron chi connectivity index (χ4n) is 9.46. The molecule has 3 aliphatic carbocycles. The standard InChI is InChI=1S/C18H33P.C10H20N2.C7H6.2ClH.Ru/c1-4-10-16(11-5-1)19(17-12-6-2-7-13-17)18-14-8-3-9-15-18;1-9(2)11-6-5-7-12(8-11)10(3)4;1-7-5-3-2-4-6-7;;;/h16-18H,1-15H2;9-10H,5-7H2,1-4H3;1-6H;2*1H;/q;;;;;+1/p-1. The number of hydrogen-bond donors (Lipinski definition) is 0. The molecule has 0 radical (unpaired) electrons. The molecule has 6 heteroatoms. The van der Waals surface area contributed by atoms with Crippen LogP contribution >= 0.6 is 25.0 Å². The molecule has 4 aliphatic rings. The molecule has 1 heterocycles. The van der Waals surface area contributed by atoms with Crippen LogP contribution in [0.25, 0.3) is 0 Å². The average Bonchev–Trinajstić information content (AvgIpc) is 2.99. The van der Waals surface area contributed by atoms with E-state index in [0.29, 0.717) is 12.1 Å². The molecule has 0 aromatic heterocycles. The van der Waals surface area contributed by atoms with Gasteiger partial charge in [-0.15, -0.1) is 0 Å². The Morgan fingerprint density at radius 2 is 1.02 bits per heavy atom. The SMILES string of the molecule is CC(C)N1CCCN(C(C)C)[C]1=[Ru]([Cl])([Cl])(=[CH]c1ccccc1)[PH](C1CCCCC1)(C1CCCCC1)C1CCCCC1. The van der Waals surface area contributed by atoms with E-state index in [9.17, 15) is 0 Å². The summed E-state index contributed by atoms with van der Waals surface area (Å²) < 4.78 is 4.11. The molecule has 1 saturated heterocycles. The second-order valence-corrected chi connectivity index (χ2v) is 42.3. The predicted octanol–water partition coefficient (Wildman–Crippen LogP) is 10.4. The van der Waals surface area contributed by atoms with Gasteiger partial charge in [-0.3, -0.25) is 0 Å².